The fourth-order valence-electron chi connectivity index (χ4n) is 2.75. The highest BCUT2D eigenvalue weighted by molar-refractivity contribution is 6.32. The van der Waals surface area contributed by atoms with Crippen LogP contribution in [0.25, 0.3) is 5.70 Å². The number of hydrogen-bond acceptors (Lipinski definition) is 7. The lowest BCUT2D eigenvalue weighted by Crippen LogP contribution is -2.29. The normalized spacial score (nSPS) is 14.9. The molecule has 0 fully saturated rings. The molecule has 0 bridgehead atoms. The topological polar surface area (TPSA) is 113 Å². The van der Waals surface area contributed by atoms with Gasteiger partial charge in [-0.15, -0.1) is 0 Å². The Kier molecular flexibility index (Phi) is 4.60. The van der Waals surface area contributed by atoms with E-state index in [1.165, 1.54) is 56.5 Å². The monoisotopic (exact) mass is 365 g/mol. The average Bonchev–Trinajstić information content (AvgIpc) is 2.66. The lowest BCUT2D eigenvalue weighted by Gasteiger charge is -2.20. The van der Waals surface area contributed by atoms with Gasteiger partial charge >= 0.3 is 11.9 Å². The van der Waals surface area contributed by atoms with Crippen LogP contribution < -0.4 is 10.5 Å². The zero-order chi connectivity index (χ0) is 19.7. The van der Waals surface area contributed by atoms with E-state index < -0.39 is 17.7 Å². The lowest BCUT2D eigenvalue weighted by molar-refractivity contribution is -0.130. The van der Waals surface area contributed by atoms with Crippen molar-refractivity contribution in [3.8, 4) is 5.75 Å². The highest BCUT2D eigenvalue weighted by Crippen LogP contribution is 2.33. The molecule has 0 atom stereocenters. The Bertz CT molecular complexity index is 1020. The number of ketones is 2. The number of esters is 2. The predicted octanol–water partition coefficient (Wildman–Crippen LogP) is 2.15. The van der Waals surface area contributed by atoms with E-state index in [0.29, 0.717) is 11.1 Å². The van der Waals surface area contributed by atoms with Gasteiger partial charge in [-0.1, -0.05) is 18.2 Å². The van der Waals surface area contributed by atoms with Crippen molar-refractivity contribution in [3.05, 3.63) is 70.3 Å². The summed E-state index contributed by atoms with van der Waals surface area (Å²) in [6.07, 6.45) is 0. The van der Waals surface area contributed by atoms with E-state index in [1.807, 2.05) is 0 Å². The van der Waals surface area contributed by atoms with E-state index in [9.17, 15) is 19.2 Å². The van der Waals surface area contributed by atoms with E-state index >= 15 is 0 Å². The SMILES string of the molecule is COC(=O)c1ccc(/C(N)=C2/C(=O)Oc3c(C(C)=O)cccc3C2=O)cc1. The molecule has 0 aliphatic carbocycles. The quantitative estimate of drug-likeness (QED) is 0.291. The summed E-state index contributed by atoms with van der Waals surface area (Å²) in [5, 5.41) is 0. The van der Waals surface area contributed by atoms with Crippen LogP contribution in [0.15, 0.2) is 48.0 Å². The van der Waals surface area contributed by atoms with Crippen molar-refractivity contribution < 1.29 is 28.7 Å². The highest BCUT2D eigenvalue weighted by Gasteiger charge is 2.35. The molecule has 2 N–H and O–H groups in total. The van der Waals surface area contributed by atoms with Gasteiger partial charge in [0.1, 0.15) is 5.57 Å². The number of nitrogens with two attached hydrogens (primary N) is 1. The molecular weight excluding hydrogens is 350 g/mol. The summed E-state index contributed by atoms with van der Waals surface area (Å²) in [4.78, 5) is 48.4. The first-order valence-electron chi connectivity index (χ1n) is 7.94. The molecule has 27 heavy (non-hydrogen) atoms. The molecule has 0 saturated heterocycles. The molecule has 1 heterocycles. The zero-order valence-corrected chi connectivity index (χ0v) is 14.6. The van der Waals surface area contributed by atoms with Crippen molar-refractivity contribution in [2.75, 3.05) is 7.11 Å². The second-order valence-corrected chi connectivity index (χ2v) is 5.81. The summed E-state index contributed by atoms with van der Waals surface area (Å²) in [6, 6.07) is 10.4. The van der Waals surface area contributed by atoms with Crippen LogP contribution in [-0.2, 0) is 9.53 Å². The maximum atomic E-state index is 12.8. The molecule has 1 aliphatic rings. The lowest BCUT2D eigenvalue weighted by atomic mass is 9.93. The molecule has 136 valence electrons. The summed E-state index contributed by atoms with van der Waals surface area (Å²) in [6.45, 7) is 1.32. The fourth-order valence-corrected chi connectivity index (χ4v) is 2.75. The van der Waals surface area contributed by atoms with Gasteiger partial charge in [0.15, 0.2) is 11.5 Å². The van der Waals surface area contributed by atoms with Crippen LogP contribution >= 0.6 is 0 Å². The predicted molar refractivity (Wildman–Crippen MR) is 95.3 cm³/mol. The number of carbonyl (C=O) groups excluding carboxylic acids is 4. The molecule has 0 unspecified atom stereocenters. The standard InChI is InChI=1S/C20H15NO6/c1-10(22)13-4-3-5-14-17(23)15(20(25)27-18(13)14)16(21)11-6-8-12(9-7-11)19(24)26-2/h3-9H,21H2,1-2H3/b16-15-. The van der Waals surface area contributed by atoms with E-state index in [4.69, 9.17) is 10.5 Å². The van der Waals surface area contributed by atoms with Gasteiger partial charge in [-0.2, -0.15) is 0 Å². The van der Waals surface area contributed by atoms with Crippen LogP contribution in [0.1, 0.15) is 43.6 Å². The van der Waals surface area contributed by atoms with Gasteiger partial charge in [0.25, 0.3) is 0 Å². The molecule has 7 nitrogen and oxygen atoms in total. The maximum Gasteiger partial charge on any atom is 0.349 e. The summed E-state index contributed by atoms with van der Waals surface area (Å²) in [5.41, 5.74) is 6.54. The third-order valence-corrected chi connectivity index (χ3v) is 4.15. The van der Waals surface area contributed by atoms with Gasteiger partial charge in [0.2, 0.25) is 5.78 Å². The Morgan fingerprint density at radius 3 is 2.22 bits per heavy atom. The van der Waals surface area contributed by atoms with Crippen LogP contribution in [0.2, 0.25) is 0 Å². The molecule has 7 heteroatoms. The van der Waals surface area contributed by atoms with Crippen molar-refractivity contribution in [1.29, 1.82) is 0 Å². The molecule has 0 aromatic heterocycles. The number of ether oxygens (including phenoxy) is 2. The molecule has 3 rings (SSSR count). The summed E-state index contributed by atoms with van der Waals surface area (Å²) in [5.74, 6) is -2.47. The van der Waals surface area contributed by atoms with E-state index in [0.717, 1.165) is 0 Å². The average molecular weight is 365 g/mol. The van der Waals surface area contributed by atoms with Gasteiger partial charge in [-0.25, -0.2) is 9.59 Å². The number of methoxy groups -OCH3 is 1. The van der Waals surface area contributed by atoms with Crippen LogP contribution in [0.4, 0.5) is 0 Å². The van der Waals surface area contributed by atoms with E-state index in [1.54, 1.807) is 0 Å². The van der Waals surface area contributed by atoms with Crippen molar-refractivity contribution in [2.45, 2.75) is 6.92 Å². The van der Waals surface area contributed by atoms with Crippen molar-refractivity contribution >= 4 is 29.2 Å². The number of benzene rings is 2. The molecule has 2 aromatic carbocycles. The number of hydrogen-bond donors (Lipinski definition) is 1. The van der Waals surface area contributed by atoms with E-state index in [2.05, 4.69) is 4.74 Å². The van der Waals surface area contributed by atoms with Gasteiger partial charge in [0.05, 0.1) is 29.5 Å². The number of Topliss-reactive ketones (excluding diaryl/α,β-unsaturated/α-hetero) is 2. The zero-order valence-electron chi connectivity index (χ0n) is 14.6. The molecule has 0 saturated carbocycles. The molecule has 0 amide bonds. The van der Waals surface area contributed by atoms with Gasteiger partial charge < -0.3 is 15.2 Å². The van der Waals surface area contributed by atoms with Gasteiger partial charge in [-0.05, 0) is 36.8 Å². The summed E-state index contributed by atoms with van der Waals surface area (Å²) < 4.78 is 9.86. The summed E-state index contributed by atoms with van der Waals surface area (Å²) in [7, 11) is 1.26. The summed E-state index contributed by atoms with van der Waals surface area (Å²) >= 11 is 0. The Balaban J connectivity index is 2.08. The van der Waals surface area contributed by atoms with Crippen LogP contribution in [0, 0.1) is 0 Å². The number of fused-ring (bicyclic) bond motifs is 1. The Labute approximate surface area is 154 Å². The molecule has 1 aliphatic heterocycles. The molecule has 0 radical (unpaired) electrons. The minimum absolute atomic E-state index is 0.0578. The van der Waals surface area contributed by atoms with Crippen molar-refractivity contribution in [1.82, 2.24) is 0 Å². The van der Waals surface area contributed by atoms with Crippen molar-refractivity contribution in [2.24, 2.45) is 5.73 Å². The Morgan fingerprint density at radius 2 is 1.63 bits per heavy atom. The van der Waals surface area contributed by atoms with Crippen molar-refractivity contribution in [3.63, 3.8) is 0 Å². The Hall–Kier alpha value is -3.74. The maximum absolute atomic E-state index is 12.8. The second kappa shape index (κ2) is 6.87. The number of para-hydroxylation sites is 1. The minimum Gasteiger partial charge on any atom is -0.465 e. The first-order chi connectivity index (χ1) is 12.8. The third kappa shape index (κ3) is 3.10. The largest absolute Gasteiger partial charge is 0.465 e. The second-order valence-electron chi connectivity index (χ2n) is 5.81. The molecule has 0 spiro atoms. The number of rotatable bonds is 3. The van der Waals surface area contributed by atoms with Gasteiger partial charge in [-0.3, -0.25) is 9.59 Å². The highest BCUT2D eigenvalue weighted by atomic mass is 16.5. The van der Waals surface area contributed by atoms with Gasteiger partial charge in [0, 0.05) is 0 Å². The molecule has 2 aromatic rings. The van der Waals surface area contributed by atoms with Crippen LogP contribution in [0.3, 0.4) is 0 Å². The van der Waals surface area contributed by atoms with Crippen LogP contribution in [-0.4, -0.2) is 30.6 Å². The third-order valence-electron chi connectivity index (χ3n) is 4.15. The smallest absolute Gasteiger partial charge is 0.349 e. The van der Waals surface area contributed by atoms with Crippen LogP contribution in [0.5, 0.6) is 5.75 Å². The molecular formula is C20H15NO6. The van der Waals surface area contributed by atoms with E-state index in [-0.39, 0.29) is 33.9 Å². The first kappa shape index (κ1) is 18.1. The first-order valence-corrected chi connectivity index (χ1v) is 7.94. The minimum atomic E-state index is -0.934. The number of carbonyl (C=O) groups is 4. The Morgan fingerprint density at radius 1 is 1.00 bits per heavy atom. The fraction of sp³-hybridized carbons (Fsp3) is 0.100.